The summed E-state index contributed by atoms with van der Waals surface area (Å²) in [7, 11) is 0. The Kier molecular flexibility index (Phi) is 5.76. The number of rotatable bonds is 5. The highest BCUT2D eigenvalue weighted by Crippen LogP contribution is 2.16. The van der Waals surface area contributed by atoms with E-state index in [-0.39, 0.29) is 17.9 Å². The van der Waals surface area contributed by atoms with Crippen LogP contribution in [0.25, 0.3) is 0 Å². The fraction of sp³-hybridized carbons (Fsp3) is 0.429. The summed E-state index contributed by atoms with van der Waals surface area (Å²) in [6.07, 6.45) is 5.82. The lowest BCUT2D eigenvalue weighted by molar-refractivity contribution is -0.122. The standard InChI is InChI=1S/C21H26N2O3/c1-15-3-4-17(16(2)13-15)5-6-20(24)22-19-7-10-23(11-8-19)21(25)18-9-12-26-14-18/h3-4,9,12-14,19H,5-8,10-11H2,1-2H3,(H,22,24). The second kappa shape index (κ2) is 8.21. The maximum absolute atomic E-state index is 12.3. The van der Waals surface area contributed by atoms with Crippen molar-refractivity contribution in [3.8, 4) is 0 Å². The molecule has 0 aliphatic carbocycles. The van der Waals surface area contributed by atoms with Crippen LogP contribution in [-0.4, -0.2) is 35.8 Å². The van der Waals surface area contributed by atoms with Crippen LogP contribution in [0.4, 0.5) is 0 Å². The van der Waals surface area contributed by atoms with Crippen LogP contribution in [0.2, 0.25) is 0 Å². The van der Waals surface area contributed by atoms with Crippen LogP contribution in [0, 0.1) is 13.8 Å². The fourth-order valence-electron chi connectivity index (χ4n) is 3.47. The molecule has 138 valence electrons. The number of likely N-dealkylation sites (tertiary alicyclic amines) is 1. The average Bonchev–Trinajstić information content (AvgIpc) is 3.16. The summed E-state index contributed by atoms with van der Waals surface area (Å²) in [5.74, 6) is 0.0861. The van der Waals surface area contributed by atoms with Gasteiger partial charge in [0.15, 0.2) is 0 Å². The van der Waals surface area contributed by atoms with Gasteiger partial charge in [0.2, 0.25) is 5.91 Å². The van der Waals surface area contributed by atoms with Gasteiger partial charge in [-0.05, 0) is 50.3 Å². The summed E-state index contributed by atoms with van der Waals surface area (Å²) >= 11 is 0. The molecule has 2 amide bonds. The van der Waals surface area contributed by atoms with E-state index in [0.717, 1.165) is 19.3 Å². The van der Waals surface area contributed by atoms with Gasteiger partial charge in [-0.25, -0.2) is 0 Å². The number of hydrogen-bond acceptors (Lipinski definition) is 3. The van der Waals surface area contributed by atoms with Crippen LogP contribution in [0.1, 0.15) is 46.3 Å². The van der Waals surface area contributed by atoms with Gasteiger partial charge in [0.25, 0.3) is 5.91 Å². The van der Waals surface area contributed by atoms with Gasteiger partial charge in [-0.3, -0.25) is 9.59 Å². The molecule has 3 rings (SSSR count). The van der Waals surface area contributed by atoms with E-state index in [9.17, 15) is 9.59 Å². The molecule has 1 N–H and O–H groups in total. The number of nitrogens with one attached hydrogen (secondary N) is 1. The van der Waals surface area contributed by atoms with Crippen LogP contribution in [0.5, 0.6) is 0 Å². The predicted molar refractivity (Wildman–Crippen MR) is 100 cm³/mol. The Morgan fingerprint density at radius 3 is 2.62 bits per heavy atom. The molecule has 0 bridgehead atoms. The maximum atomic E-state index is 12.3. The zero-order valence-electron chi connectivity index (χ0n) is 15.5. The van der Waals surface area contributed by atoms with Gasteiger partial charge >= 0.3 is 0 Å². The zero-order valence-corrected chi connectivity index (χ0v) is 15.5. The van der Waals surface area contributed by atoms with E-state index in [1.807, 2.05) is 4.90 Å². The van der Waals surface area contributed by atoms with Crippen molar-refractivity contribution in [3.05, 3.63) is 59.0 Å². The van der Waals surface area contributed by atoms with Gasteiger partial charge in [0.05, 0.1) is 11.8 Å². The van der Waals surface area contributed by atoms with Crippen LogP contribution >= 0.6 is 0 Å². The molecule has 0 radical (unpaired) electrons. The third kappa shape index (κ3) is 4.54. The molecular weight excluding hydrogens is 328 g/mol. The first-order chi connectivity index (χ1) is 12.5. The number of amides is 2. The van der Waals surface area contributed by atoms with E-state index in [4.69, 9.17) is 4.42 Å². The largest absolute Gasteiger partial charge is 0.472 e. The Balaban J connectivity index is 1.42. The van der Waals surface area contributed by atoms with Gasteiger partial charge < -0.3 is 14.6 Å². The molecule has 0 atom stereocenters. The van der Waals surface area contributed by atoms with E-state index in [2.05, 4.69) is 37.4 Å². The van der Waals surface area contributed by atoms with Crippen molar-refractivity contribution in [1.29, 1.82) is 0 Å². The van der Waals surface area contributed by atoms with Crippen LogP contribution in [0.15, 0.2) is 41.2 Å². The lowest BCUT2D eigenvalue weighted by Gasteiger charge is -2.32. The highest BCUT2D eigenvalue weighted by atomic mass is 16.3. The first-order valence-corrected chi connectivity index (χ1v) is 9.20. The molecule has 26 heavy (non-hydrogen) atoms. The zero-order chi connectivity index (χ0) is 18.5. The molecule has 1 fully saturated rings. The van der Waals surface area contributed by atoms with Gasteiger partial charge in [0, 0.05) is 25.6 Å². The number of carbonyl (C=O) groups is 2. The van der Waals surface area contributed by atoms with Gasteiger partial charge in [-0.1, -0.05) is 23.8 Å². The Hall–Kier alpha value is -2.56. The number of furan rings is 1. The molecule has 1 aromatic heterocycles. The van der Waals surface area contributed by atoms with E-state index >= 15 is 0 Å². The first kappa shape index (κ1) is 18.2. The fourth-order valence-corrected chi connectivity index (χ4v) is 3.47. The molecule has 1 aromatic carbocycles. The number of hydrogen-bond donors (Lipinski definition) is 1. The van der Waals surface area contributed by atoms with Crippen molar-refractivity contribution in [1.82, 2.24) is 10.2 Å². The highest BCUT2D eigenvalue weighted by Gasteiger charge is 2.25. The molecule has 0 saturated carbocycles. The van der Waals surface area contributed by atoms with E-state index in [1.165, 1.54) is 29.2 Å². The van der Waals surface area contributed by atoms with Crippen molar-refractivity contribution in [2.45, 2.75) is 45.6 Å². The molecule has 2 aromatic rings. The minimum Gasteiger partial charge on any atom is -0.472 e. The topological polar surface area (TPSA) is 62.6 Å². The second-order valence-corrected chi connectivity index (χ2v) is 7.08. The number of nitrogens with zero attached hydrogens (tertiary/aromatic N) is 1. The van der Waals surface area contributed by atoms with E-state index < -0.39 is 0 Å². The van der Waals surface area contributed by atoms with Gasteiger partial charge in [-0.2, -0.15) is 0 Å². The summed E-state index contributed by atoms with van der Waals surface area (Å²) in [5.41, 5.74) is 4.29. The lowest BCUT2D eigenvalue weighted by Crippen LogP contribution is -2.46. The average molecular weight is 354 g/mol. The molecule has 0 unspecified atom stereocenters. The summed E-state index contributed by atoms with van der Waals surface area (Å²) < 4.78 is 4.97. The molecular formula is C21H26N2O3. The molecule has 5 nitrogen and oxygen atoms in total. The summed E-state index contributed by atoms with van der Waals surface area (Å²) in [6.45, 7) is 5.48. The summed E-state index contributed by atoms with van der Waals surface area (Å²) in [6, 6.07) is 8.18. The van der Waals surface area contributed by atoms with Crippen molar-refractivity contribution in [2.24, 2.45) is 0 Å². The van der Waals surface area contributed by atoms with Gasteiger partial charge in [-0.15, -0.1) is 0 Å². The van der Waals surface area contributed by atoms with Gasteiger partial charge in [0.1, 0.15) is 6.26 Å². The highest BCUT2D eigenvalue weighted by molar-refractivity contribution is 5.93. The Morgan fingerprint density at radius 2 is 1.96 bits per heavy atom. The maximum Gasteiger partial charge on any atom is 0.257 e. The smallest absolute Gasteiger partial charge is 0.257 e. The van der Waals surface area contributed by atoms with Crippen LogP contribution in [0.3, 0.4) is 0 Å². The van der Waals surface area contributed by atoms with Crippen molar-refractivity contribution < 1.29 is 14.0 Å². The molecule has 2 heterocycles. The second-order valence-electron chi connectivity index (χ2n) is 7.08. The van der Waals surface area contributed by atoms with Crippen LogP contribution in [-0.2, 0) is 11.2 Å². The molecule has 5 heteroatoms. The first-order valence-electron chi connectivity index (χ1n) is 9.20. The number of piperidine rings is 1. The monoisotopic (exact) mass is 354 g/mol. The van der Waals surface area contributed by atoms with Crippen molar-refractivity contribution in [2.75, 3.05) is 13.1 Å². The third-order valence-electron chi connectivity index (χ3n) is 5.03. The summed E-state index contributed by atoms with van der Waals surface area (Å²) in [4.78, 5) is 26.4. The predicted octanol–water partition coefficient (Wildman–Crippen LogP) is 3.25. The Morgan fingerprint density at radius 1 is 1.19 bits per heavy atom. The molecule has 1 aliphatic heterocycles. The molecule has 0 spiro atoms. The quantitative estimate of drug-likeness (QED) is 0.896. The normalized spacial score (nSPS) is 15.1. The Labute approximate surface area is 154 Å². The number of benzene rings is 1. The Bertz CT molecular complexity index is 760. The minimum absolute atomic E-state index is 0.00151. The summed E-state index contributed by atoms with van der Waals surface area (Å²) in [5, 5.41) is 3.12. The van der Waals surface area contributed by atoms with Crippen molar-refractivity contribution >= 4 is 11.8 Å². The third-order valence-corrected chi connectivity index (χ3v) is 5.03. The minimum atomic E-state index is -0.00151. The number of carbonyl (C=O) groups excluding carboxylic acids is 2. The SMILES string of the molecule is Cc1ccc(CCC(=O)NC2CCN(C(=O)c3ccoc3)CC2)c(C)c1. The lowest BCUT2D eigenvalue weighted by atomic mass is 10.0. The number of aryl methyl sites for hydroxylation is 3. The van der Waals surface area contributed by atoms with Crippen LogP contribution < -0.4 is 5.32 Å². The van der Waals surface area contributed by atoms with Crippen molar-refractivity contribution in [3.63, 3.8) is 0 Å². The van der Waals surface area contributed by atoms with E-state index in [1.54, 1.807) is 6.07 Å². The molecule has 1 aliphatic rings. The van der Waals surface area contributed by atoms with E-state index in [0.29, 0.717) is 25.1 Å². The molecule has 1 saturated heterocycles.